The highest BCUT2D eigenvalue weighted by Crippen LogP contribution is 2.38. The number of anilines is 2. The Morgan fingerprint density at radius 3 is 2.79 bits per heavy atom. The SMILES string of the molecule is C[C@@H]1CCCN1c1ccc2c(c1)N(C)C(=O)[C@@H](NC(=O)c1ncn(Cc3ccccc3)n1)CS2. The molecule has 2 aliphatic heterocycles. The third kappa shape index (κ3) is 4.52. The van der Waals surface area contributed by atoms with Crippen LogP contribution < -0.4 is 15.1 Å². The number of hydrogen-bond acceptors (Lipinski definition) is 6. The summed E-state index contributed by atoms with van der Waals surface area (Å²) in [6.07, 6.45) is 3.91. The fraction of sp³-hybridized carbons (Fsp3) is 0.360. The summed E-state index contributed by atoms with van der Waals surface area (Å²) in [5.74, 6) is -0.0818. The van der Waals surface area contributed by atoms with Gasteiger partial charge in [0, 0.05) is 36.0 Å². The number of hydrogen-bond donors (Lipinski definition) is 1. The number of fused-ring (bicyclic) bond motifs is 1. The van der Waals surface area contributed by atoms with E-state index in [1.54, 1.807) is 28.4 Å². The van der Waals surface area contributed by atoms with Gasteiger partial charge in [-0.3, -0.25) is 9.59 Å². The van der Waals surface area contributed by atoms with Crippen LogP contribution in [0.4, 0.5) is 11.4 Å². The molecule has 34 heavy (non-hydrogen) atoms. The van der Waals surface area contributed by atoms with E-state index in [1.165, 1.54) is 19.2 Å². The van der Waals surface area contributed by atoms with Crippen LogP contribution in [0.3, 0.4) is 0 Å². The molecule has 0 saturated carbocycles. The van der Waals surface area contributed by atoms with Crippen LogP contribution in [0.2, 0.25) is 0 Å². The zero-order valence-electron chi connectivity index (χ0n) is 19.3. The Labute approximate surface area is 203 Å². The number of nitrogens with zero attached hydrogens (tertiary/aromatic N) is 5. The predicted octanol–water partition coefficient (Wildman–Crippen LogP) is 3.18. The van der Waals surface area contributed by atoms with Crippen LogP contribution in [0.25, 0.3) is 0 Å². The van der Waals surface area contributed by atoms with E-state index < -0.39 is 11.9 Å². The lowest BCUT2D eigenvalue weighted by molar-refractivity contribution is -0.119. The molecule has 1 fully saturated rings. The number of benzene rings is 2. The van der Waals surface area contributed by atoms with Crippen molar-refractivity contribution < 1.29 is 9.59 Å². The van der Waals surface area contributed by atoms with Crippen molar-refractivity contribution in [3.63, 3.8) is 0 Å². The number of carbonyl (C=O) groups excluding carboxylic acids is 2. The molecule has 2 amide bonds. The molecule has 0 bridgehead atoms. The van der Waals surface area contributed by atoms with Crippen LogP contribution in [0.1, 0.15) is 35.9 Å². The second kappa shape index (κ2) is 9.50. The molecule has 0 unspecified atom stereocenters. The van der Waals surface area contributed by atoms with Gasteiger partial charge in [0.2, 0.25) is 11.7 Å². The van der Waals surface area contributed by atoms with Gasteiger partial charge in [0.25, 0.3) is 5.91 Å². The van der Waals surface area contributed by atoms with Crippen molar-refractivity contribution in [2.75, 3.05) is 29.1 Å². The summed E-state index contributed by atoms with van der Waals surface area (Å²) < 4.78 is 1.62. The van der Waals surface area contributed by atoms with Crippen molar-refractivity contribution in [1.29, 1.82) is 0 Å². The molecule has 3 heterocycles. The lowest BCUT2D eigenvalue weighted by atomic mass is 10.2. The molecule has 0 spiro atoms. The number of rotatable bonds is 5. The molecular formula is C25H28N6O2S. The maximum absolute atomic E-state index is 13.3. The summed E-state index contributed by atoms with van der Waals surface area (Å²) in [5, 5.41) is 7.14. The highest BCUT2D eigenvalue weighted by atomic mass is 32.2. The van der Waals surface area contributed by atoms with Crippen molar-refractivity contribution in [2.45, 2.75) is 43.3 Å². The third-order valence-corrected chi connectivity index (χ3v) is 7.61. The predicted molar refractivity (Wildman–Crippen MR) is 133 cm³/mol. The minimum absolute atomic E-state index is 0.0588. The fourth-order valence-corrected chi connectivity index (χ4v) is 5.63. The number of nitrogens with one attached hydrogen (secondary N) is 1. The molecule has 2 aromatic carbocycles. The topological polar surface area (TPSA) is 83.4 Å². The molecular weight excluding hydrogens is 448 g/mol. The molecule has 176 valence electrons. The summed E-state index contributed by atoms with van der Waals surface area (Å²) >= 11 is 1.58. The van der Waals surface area contributed by atoms with Crippen LogP contribution in [0, 0.1) is 0 Å². The highest BCUT2D eigenvalue weighted by molar-refractivity contribution is 7.99. The van der Waals surface area contributed by atoms with Gasteiger partial charge in [-0.05, 0) is 43.5 Å². The Morgan fingerprint density at radius 1 is 1.21 bits per heavy atom. The molecule has 9 heteroatoms. The Balaban J connectivity index is 1.28. The molecule has 0 radical (unpaired) electrons. The van der Waals surface area contributed by atoms with Crippen molar-refractivity contribution in [3.05, 3.63) is 66.2 Å². The molecule has 5 rings (SSSR count). The van der Waals surface area contributed by atoms with E-state index in [1.807, 2.05) is 30.3 Å². The quantitative estimate of drug-likeness (QED) is 0.609. The largest absolute Gasteiger partial charge is 0.369 e. The monoisotopic (exact) mass is 476 g/mol. The average molecular weight is 477 g/mol. The number of likely N-dealkylation sites (N-methyl/N-ethyl adjacent to an activating group) is 1. The summed E-state index contributed by atoms with van der Waals surface area (Å²) in [6, 6.07) is 16.0. The summed E-state index contributed by atoms with van der Waals surface area (Å²) in [4.78, 5) is 35.3. The van der Waals surface area contributed by atoms with E-state index >= 15 is 0 Å². The number of thioether (sulfide) groups is 1. The normalized spacial score (nSPS) is 20.2. The summed E-state index contributed by atoms with van der Waals surface area (Å²) in [7, 11) is 1.77. The van der Waals surface area contributed by atoms with Gasteiger partial charge in [-0.2, -0.15) is 0 Å². The Kier molecular flexibility index (Phi) is 6.28. The van der Waals surface area contributed by atoms with Gasteiger partial charge in [0.15, 0.2) is 0 Å². The van der Waals surface area contributed by atoms with Crippen molar-refractivity contribution >= 4 is 35.0 Å². The first-order chi connectivity index (χ1) is 16.5. The van der Waals surface area contributed by atoms with Gasteiger partial charge in [-0.1, -0.05) is 30.3 Å². The van der Waals surface area contributed by atoms with E-state index in [-0.39, 0.29) is 11.7 Å². The summed E-state index contributed by atoms with van der Waals surface area (Å²) in [6.45, 7) is 3.80. The van der Waals surface area contributed by atoms with Crippen LogP contribution in [0.5, 0.6) is 0 Å². The molecule has 2 atom stereocenters. The average Bonchev–Trinajstić information content (AvgIpc) is 3.48. The van der Waals surface area contributed by atoms with Gasteiger partial charge < -0.3 is 15.1 Å². The Morgan fingerprint density at radius 2 is 2.03 bits per heavy atom. The second-order valence-corrected chi connectivity index (χ2v) is 9.88. The van der Waals surface area contributed by atoms with E-state index in [9.17, 15) is 9.59 Å². The van der Waals surface area contributed by atoms with Gasteiger partial charge in [0.1, 0.15) is 12.4 Å². The lowest BCUT2D eigenvalue weighted by Crippen LogP contribution is -2.48. The van der Waals surface area contributed by atoms with Crippen molar-refractivity contribution in [1.82, 2.24) is 20.1 Å². The highest BCUT2D eigenvalue weighted by Gasteiger charge is 2.32. The van der Waals surface area contributed by atoms with Gasteiger partial charge in [-0.25, -0.2) is 9.67 Å². The van der Waals surface area contributed by atoms with Gasteiger partial charge in [0.05, 0.1) is 12.2 Å². The van der Waals surface area contributed by atoms with Crippen LogP contribution >= 0.6 is 11.8 Å². The van der Waals surface area contributed by atoms with E-state index in [2.05, 4.69) is 45.4 Å². The Bertz CT molecular complexity index is 1200. The lowest BCUT2D eigenvalue weighted by Gasteiger charge is -2.26. The molecule has 3 aromatic rings. The van der Waals surface area contributed by atoms with Crippen LogP contribution in [0.15, 0.2) is 59.8 Å². The standard InChI is InChI=1S/C25H28N6O2S/c1-17-7-6-12-31(17)19-10-11-22-21(13-19)29(2)25(33)20(15-34-22)27-24(32)23-26-16-30(28-23)14-18-8-4-3-5-9-18/h3-5,8-11,13,16-17,20H,6-7,12,14-15H2,1-2H3,(H,27,32)/t17-,20+/m1/s1. The zero-order valence-corrected chi connectivity index (χ0v) is 20.2. The van der Waals surface area contributed by atoms with E-state index in [0.29, 0.717) is 18.3 Å². The van der Waals surface area contributed by atoms with Crippen molar-refractivity contribution in [2.24, 2.45) is 0 Å². The molecule has 0 aliphatic carbocycles. The minimum Gasteiger partial charge on any atom is -0.369 e. The van der Waals surface area contributed by atoms with Gasteiger partial charge >= 0.3 is 0 Å². The molecule has 1 aromatic heterocycles. The number of amides is 2. The first-order valence-corrected chi connectivity index (χ1v) is 12.5. The fourth-order valence-electron chi connectivity index (χ4n) is 4.55. The Hall–Kier alpha value is -3.33. The summed E-state index contributed by atoms with van der Waals surface area (Å²) in [5.41, 5.74) is 3.09. The van der Waals surface area contributed by atoms with E-state index in [4.69, 9.17) is 0 Å². The van der Waals surface area contributed by atoms with Crippen LogP contribution in [-0.2, 0) is 11.3 Å². The molecule has 1 N–H and O–H groups in total. The molecule has 2 aliphatic rings. The molecule has 8 nitrogen and oxygen atoms in total. The minimum atomic E-state index is -0.662. The smallest absolute Gasteiger partial charge is 0.291 e. The van der Waals surface area contributed by atoms with Gasteiger partial charge in [-0.15, -0.1) is 16.9 Å². The second-order valence-electron chi connectivity index (χ2n) is 8.82. The maximum Gasteiger partial charge on any atom is 0.291 e. The van der Waals surface area contributed by atoms with Crippen LogP contribution in [-0.4, -0.2) is 58.0 Å². The van der Waals surface area contributed by atoms with Crippen molar-refractivity contribution in [3.8, 4) is 0 Å². The maximum atomic E-state index is 13.3. The zero-order chi connectivity index (χ0) is 23.7. The number of carbonyl (C=O) groups is 2. The molecule has 1 saturated heterocycles. The first-order valence-electron chi connectivity index (χ1n) is 11.5. The third-order valence-electron chi connectivity index (χ3n) is 6.45. The number of aromatic nitrogens is 3. The van der Waals surface area contributed by atoms with E-state index in [0.717, 1.165) is 28.4 Å². The first kappa shape index (κ1) is 22.5.